The lowest BCUT2D eigenvalue weighted by Crippen LogP contribution is -2.53. The van der Waals surface area contributed by atoms with Crippen molar-refractivity contribution in [2.75, 3.05) is 18.8 Å². The van der Waals surface area contributed by atoms with Gasteiger partial charge in [0.1, 0.15) is 5.82 Å². The summed E-state index contributed by atoms with van der Waals surface area (Å²) < 4.78 is 13.4. The molecule has 2 rings (SSSR count). The number of carbonyl (C=O) groups is 2. The van der Waals surface area contributed by atoms with Gasteiger partial charge < -0.3 is 10.0 Å². The molecule has 0 radical (unpaired) electrons. The van der Waals surface area contributed by atoms with E-state index < -0.39 is 11.9 Å². The van der Waals surface area contributed by atoms with Gasteiger partial charge in [0, 0.05) is 36.1 Å². The number of rotatable bonds is 6. The first-order chi connectivity index (χ1) is 9.99. The van der Waals surface area contributed by atoms with E-state index in [0.29, 0.717) is 30.2 Å². The molecule has 1 aromatic rings. The smallest absolute Gasteiger partial charge is 0.306 e. The van der Waals surface area contributed by atoms with Gasteiger partial charge in [0.15, 0.2) is 0 Å². The fourth-order valence-corrected chi connectivity index (χ4v) is 3.08. The van der Waals surface area contributed by atoms with Crippen LogP contribution >= 0.6 is 11.8 Å². The summed E-state index contributed by atoms with van der Waals surface area (Å²) in [5.74, 6) is -0.924. The molecule has 21 heavy (non-hydrogen) atoms. The number of carbonyl (C=O) groups excluding carboxylic acids is 1. The van der Waals surface area contributed by atoms with Gasteiger partial charge in [-0.2, -0.15) is 0 Å². The maximum atomic E-state index is 13.4. The standard InChI is InChI=1S/C15H18FNO3S/c1-10(15(19)20)11-8-17(9-11)14(18)6-7-21-13-5-3-2-4-12(13)16/h2-5,10-11H,6-9H2,1H3,(H,19,20). The van der Waals surface area contributed by atoms with Crippen molar-refractivity contribution in [1.82, 2.24) is 4.90 Å². The third-order valence-electron chi connectivity index (χ3n) is 3.77. The van der Waals surface area contributed by atoms with Crippen LogP contribution in [0.4, 0.5) is 4.39 Å². The lowest BCUT2D eigenvalue weighted by molar-refractivity contribution is -0.150. The molecule has 1 amide bonds. The van der Waals surface area contributed by atoms with E-state index in [9.17, 15) is 14.0 Å². The summed E-state index contributed by atoms with van der Waals surface area (Å²) in [6.07, 6.45) is 0.340. The Hall–Kier alpha value is -1.56. The van der Waals surface area contributed by atoms with Crippen molar-refractivity contribution in [3.8, 4) is 0 Å². The van der Waals surface area contributed by atoms with E-state index in [2.05, 4.69) is 0 Å². The van der Waals surface area contributed by atoms with Crippen molar-refractivity contribution < 1.29 is 19.1 Å². The molecule has 1 aliphatic heterocycles. The summed E-state index contributed by atoms with van der Waals surface area (Å²) in [7, 11) is 0. The second-order valence-electron chi connectivity index (χ2n) is 5.21. The van der Waals surface area contributed by atoms with Crippen molar-refractivity contribution in [1.29, 1.82) is 0 Å². The Morgan fingerprint density at radius 1 is 1.43 bits per heavy atom. The van der Waals surface area contributed by atoms with Gasteiger partial charge in [-0.15, -0.1) is 11.8 Å². The van der Waals surface area contributed by atoms with E-state index in [1.807, 2.05) is 0 Å². The quantitative estimate of drug-likeness (QED) is 0.820. The Morgan fingerprint density at radius 3 is 2.71 bits per heavy atom. The zero-order valence-corrected chi connectivity index (χ0v) is 12.6. The molecule has 0 spiro atoms. The highest BCUT2D eigenvalue weighted by atomic mass is 32.2. The van der Waals surface area contributed by atoms with Crippen LogP contribution in [0.15, 0.2) is 29.2 Å². The van der Waals surface area contributed by atoms with Gasteiger partial charge in [-0.25, -0.2) is 4.39 Å². The summed E-state index contributed by atoms with van der Waals surface area (Å²) in [5.41, 5.74) is 0. The highest BCUT2D eigenvalue weighted by molar-refractivity contribution is 7.99. The molecule has 1 heterocycles. The molecule has 1 unspecified atom stereocenters. The molecule has 6 heteroatoms. The van der Waals surface area contributed by atoms with Crippen LogP contribution in [0.25, 0.3) is 0 Å². The van der Waals surface area contributed by atoms with Gasteiger partial charge in [0.2, 0.25) is 5.91 Å². The lowest BCUT2D eigenvalue weighted by Gasteiger charge is -2.41. The molecular formula is C15H18FNO3S. The van der Waals surface area contributed by atoms with Crippen LogP contribution in [0, 0.1) is 17.7 Å². The van der Waals surface area contributed by atoms with E-state index in [1.54, 1.807) is 30.0 Å². The number of hydrogen-bond acceptors (Lipinski definition) is 3. The Bertz CT molecular complexity index is 531. The summed E-state index contributed by atoms with van der Waals surface area (Å²) >= 11 is 1.32. The number of likely N-dealkylation sites (tertiary alicyclic amines) is 1. The molecule has 0 aromatic heterocycles. The molecule has 1 aliphatic rings. The van der Waals surface area contributed by atoms with E-state index in [0.717, 1.165) is 0 Å². The largest absolute Gasteiger partial charge is 0.481 e. The number of hydrogen-bond donors (Lipinski definition) is 1. The summed E-state index contributed by atoms with van der Waals surface area (Å²) in [4.78, 5) is 25.0. The second-order valence-corrected chi connectivity index (χ2v) is 6.35. The molecule has 1 atom stereocenters. The van der Waals surface area contributed by atoms with Crippen LogP contribution < -0.4 is 0 Å². The molecule has 0 aliphatic carbocycles. The molecule has 1 aromatic carbocycles. The SMILES string of the molecule is CC(C(=O)O)C1CN(C(=O)CCSc2ccccc2F)C1. The van der Waals surface area contributed by atoms with Crippen LogP contribution in [0.5, 0.6) is 0 Å². The topological polar surface area (TPSA) is 57.6 Å². The number of carboxylic acid groups (broad SMARTS) is 1. The first kappa shape index (κ1) is 15.8. The average Bonchev–Trinajstić information content (AvgIpc) is 2.39. The molecule has 0 saturated carbocycles. The van der Waals surface area contributed by atoms with E-state index in [1.165, 1.54) is 17.8 Å². The molecule has 1 N–H and O–H groups in total. The van der Waals surface area contributed by atoms with Crippen molar-refractivity contribution >= 4 is 23.6 Å². The van der Waals surface area contributed by atoms with Crippen molar-refractivity contribution in [2.45, 2.75) is 18.2 Å². The summed E-state index contributed by atoms with van der Waals surface area (Å²) in [6.45, 7) is 2.69. The third-order valence-corrected chi connectivity index (χ3v) is 4.82. The Morgan fingerprint density at radius 2 is 2.10 bits per heavy atom. The van der Waals surface area contributed by atoms with E-state index in [4.69, 9.17) is 5.11 Å². The highest BCUT2D eigenvalue weighted by Crippen LogP contribution is 2.26. The van der Waals surface area contributed by atoms with Crippen molar-refractivity contribution in [2.24, 2.45) is 11.8 Å². The van der Waals surface area contributed by atoms with E-state index >= 15 is 0 Å². The molecule has 1 fully saturated rings. The Labute approximate surface area is 127 Å². The minimum absolute atomic E-state index is 0.00711. The first-order valence-electron chi connectivity index (χ1n) is 6.87. The van der Waals surface area contributed by atoms with Crippen LogP contribution in [-0.2, 0) is 9.59 Å². The first-order valence-corrected chi connectivity index (χ1v) is 7.85. The monoisotopic (exact) mass is 311 g/mol. The summed E-state index contributed by atoms with van der Waals surface area (Å²) in [6, 6.07) is 6.49. The van der Waals surface area contributed by atoms with Crippen LogP contribution in [-0.4, -0.2) is 40.7 Å². The highest BCUT2D eigenvalue weighted by Gasteiger charge is 2.36. The molecule has 0 bridgehead atoms. The van der Waals surface area contributed by atoms with Gasteiger partial charge in [-0.3, -0.25) is 9.59 Å². The minimum atomic E-state index is -0.817. The lowest BCUT2D eigenvalue weighted by atomic mass is 9.87. The number of carboxylic acids is 1. The van der Waals surface area contributed by atoms with Gasteiger partial charge in [-0.1, -0.05) is 19.1 Å². The zero-order valence-electron chi connectivity index (χ0n) is 11.8. The van der Waals surface area contributed by atoms with Crippen LogP contribution in [0.2, 0.25) is 0 Å². The van der Waals surface area contributed by atoms with Gasteiger partial charge >= 0.3 is 5.97 Å². The van der Waals surface area contributed by atoms with Crippen LogP contribution in [0.3, 0.4) is 0 Å². The molecule has 4 nitrogen and oxygen atoms in total. The van der Waals surface area contributed by atoms with Gasteiger partial charge in [0.05, 0.1) is 5.92 Å². The normalized spacial score (nSPS) is 16.4. The Kier molecular flexibility index (Phi) is 5.22. The average molecular weight is 311 g/mol. The van der Waals surface area contributed by atoms with Crippen LogP contribution in [0.1, 0.15) is 13.3 Å². The van der Waals surface area contributed by atoms with Crippen molar-refractivity contribution in [3.63, 3.8) is 0 Å². The number of nitrogens with zero attached hydrogens (tertiary/aromatic N) is 1. The predicted octanol–water partition coefficient (Wildman–Crippen LogP) is 2.49. The van der Waals surface area contributed by atoms with Gasteiger partial charge in [0.25, 0.3) is 0 Å². The predicted molar refractivity (Wildman–Crippen MR) is 78.6 cm³/mol. The minimum Gasteiger partial charge on any atom is -0.481 e. The molecule has 114 valence electrons. The number of aliphatic carboxylic acids is 1. The summed E-state index contributed by atoms with van der Waals surface area (Å²) in [5, 5.41) is 8.89. The Balaban J connectivity index is 1.70. The fraction of sp³-hybridized carbons (Fsp3) is 0.467. The fourth-order valence-electron chi connectivity index (χ4n) is 2.20. The second kappa shape index (κ2) is 6.93. The number of halogens is 1. The molecule has 1 saturated heterocycles. The van der Waals surface area contributed by atoms with Crippen molar-refractivity contribution in [3.05, 3.63) is 30.1 Å². The van der Waals surface area contributed by atoms with E-state index in [-0.39, 0.29) is 17.6 Å². The molecular weight excluding hydrogens is 293 g/mol. The number of amides is 1. The van der Waals surface area contributed by atoms with Gasteiger partial charge in [-0.05, 0) is 12.1 Å². The number of thioether (sulfide) groups is 1. The number of benzene rings is 1. The maximum absolute atomic E-state index is 13.4. The zero-order chi connectivity index (χ0) is 15.4. The maximum Gasteiger partial charge on any atom is 0.306 e. The third kappa shape index (κ3) is 3.97.